The van der Waals surface area contributed by atoms with Crippen molar-refractivity contribution in [3.8, 4) is 0 Å². The van der Waals surface area contributed by atoms with E-state index in [9.17, 15) is 22.8 Å². The van der Waals surface area contributed by atoms with Gasteiger partial charge in [0.2, 0.25) is 21.8 Å². The van der Waals surface area contributed by atoms with Crippen LogP contribution in [0, 0.1) is 5.92 Å². The van der Waals surface area contributed by atoms with E-state index in [4.69, 9.17) is 0 Å². The molecular weight excluding hydrogens is 432 g/mol. The molecule has 1 saturated carbocycles. The van der Waals surface area contributed by atoms with E-state index in [2.05, 4.69) is 20.7 Å². The van der Waals surface area contributed by atoms with Crippen LogP contribution in [0.3, 0.4) is 0 Å². The molecule has 0 bridgehead atoms. The monoisotopic (exact) mass is 458 g/mol. The van der Waals surface area contributed by atoms with Crippen molar-refractivity contribution in [3.63, 3.8) is 0 Å². The number of sulfonamides is 1. The van der Waals surface area contributed by atoms with E-state index in [0.717, 1.165) is 12.8 Å². The van der Waals surface area contributed by atoms with Gasteiger partial charge in [0, 0.05) is 42.4 Å². The van der Waals surface area contributed by atoms with Crippen molar-refractivity contribution in [2.75, 3.05) is 23.7 Å². The fourth-order valence-corrected chi connectivity index (χ4v) is 3.84. The van der Waals surface area contributed by atoms with Gasteiger partial charge in [0.05, 0.1) is 4.90 Å². The third-order valence-electron chi connectivity index (χ3n) is 4.83. The zero-order valence-electron chi connectivity index (χ0n) is 17.7. The quantitative estimate of drug-likeness (QED) is 0.405. The molecule has 0 aromatic heterocycles. The number of carbonyl (C=O) groups is 3. The van der Waals surface area contributed by atoms with Gasteiger partial charge in [-0.25, -0.2) is 13.1 Å². The Morgan fingerprint density at radius 3 is 2.06 bits per heavy atom. The summed E-state index contributed by atoms with van der Waals surface area (Å²) in [5.41, 5.74) is 1.55. The minimum Gasteiger partial charge on any atom is -0.351 e. The molecule has 1 aliphatic rings. The highest BCUT2D eigenvalue weighted by Gasteiger charge is 2.29. The van der Waals surface area contributed by atoms with Gasteiger partial charge in [0.25, 0.3) is 5.91 Å². The molecule has 0 saturated heterocycles. The summed E-state index contributed by atoms with van der Waals surface area (Å²) in [6, 6.07) is 12.3. The van der Waals surface area contributed by atoms with E-state index >= 15 is 0 Å². The Labute approximate surface area is 187 Å². The molecule has 0 atom stereocenters. The van der Waals surface area contributed by atoms with E-state index in [-0.39, 0.29) is 41.6 Å². The van der Waals surface area contributed by atoms with Crippen molar-refractivity contribution < 1.29 is 22.8 Å². The Morgan fingerprint density at radius 2 is 1.47 bits per heavy atom. The smallest absolute Gasteiger partial charge is 0.251 e. The lowest BCUT2D eigenvalue weighted by Gasteiger charge is -2.10. The number of nitrogens with one attached hydrogen (secondary N) is 4. The molecule has 0 unspecified atom stereocenters. The fourth-order valence-electron chi connectivity index (χ4n) is 2.81. The molecule has 1 fully saturated rings. The van der Waals surface area contributed by atoms with Crippen LogP contribution in [-0.2, 0) is 19.6 Å². The molecule has 2 aromatic rings. The molecule has 4 N–H and O–H groups in total. The van der Waals surface area contributed by atoms with Crippen molar-refractivity contribution in [1.82, 2.24) is 10.0 Å². The van der Waals surface area contributed by atoms with Gasteiger partial charge in [-0.2, -0.15) is 0 Å². The number of rotatable bonds is 10. The van der Waals surface area contributed by atoms with Gasteiger partial charge in [-0.3, -0.25) is 14.4 Å². The van der Waals surface area contributed by atoms with E-state index < -0.39 is 10.0 Å². The molecule has 3 rings (SSSR count). The van der Waals surface area contributed by atoms with Crippen LogP contribution >= 0.6 is 0 Å². The van der Waals surface area contributed by atoms with Gasteiger partial charge < -0.3 is 16.0 Å². The Hall–Kier alpha value is -3.24. The van der Waals surface area contributed by atoms with Crippen LogP contribution in [0.4, 0.5) is 11.4 Å². The molecule has 0 radical (unpaired) electrons. The van der Waals surface area contributed by atoms with Crippen LogP contribution in [0.2, 0.25) is 0 Å². The fraction of sp³-hybridized carbons (Fsp3) is 0.318. The van der Waals surface area contributed by atoms with E-state index in [1.807, 2.05) is 0 Å². The summed E-state index contributed by atoms with van der Waals surface area (Å²) >= 11 is 0. The highest BCUT2D eigenvalue weighted by Crippen LogP contribution is 2.30. The largest absolute Gasteiger partial charge is 0.351 e. The van der Waals surface area contributed by atoms with Crippen molar-refractivity contribution in [1.29, 1.82) is 0 Å². The van der Waals surface area contributed by atoms with Gasteiger partial charge in [-0.15, -0.1) is 0 Å². The number of amides is 3. The van der Waals surface area contributed by atoms with E-state index in [0.29, 0.717) is 23.4 Å². The Morgan fingerprint density at radius 1 is 0.875 bits per heavy atom. The molecule has 1 aliphatic carbocycles. The van der Waals surface area contributed by atoms with Crippen molar-refractivity contribution in [2.45, 2.75) is 31.1 Å². The van der Waals surface area contributed by atoms with Gasteiger partial charge in [0.1, 0.15) is 0 Å². The zero-order valence-corrected chi connectivity index (χ0v) is 18.5. The lowest BCUT2D eigenvalue weighted by Crippen LogP contribution is -2.34. The number of hydrogen-bond donors (Lipinski definition) is 4. The first-order valence-electron chi connectivity index (χ1n) is 10.4. The molecule has 0 aliphatic heterocycles. The van der Waals surface area contributed by atoms with Crippen LogP contribution in [-0.4, -0.2) is 39.2 Å². The summed E-state index contributed by atoms with van der Waals surface area (Å²) in [5, 5.41) is 8.10. The van der Waals surface area contributed by atoms with Gasteiger partial charge in [-0.1, -0.05) is 6.92 Å². The Bertz CT molecular complexity index is 1080. The average Bonchev–Trinajstić information content (AvgIpc) is 3.63. The highest BCUT2D eigenvalue weighted by molar-refractivity contribution is 7.89. The topological polar surface area (TPSA) is 133 Å². The molecule has 32 heavy (non-hydrogen) atoms. The Kier molecular flexibility index (Phi) is 7.60. The number of hydrogen-bond acceptors (Lipinski definition) is 5. The van der Waals surface area contributed by atoms with Crippen LogP contribution < -0.4 is 20.7 Å². The summed E-state index contributed by atoms with van der Waals surface area (Å²) in [4.78, 5) is 35.4. The molecule has 170 valence electrons. The highest BCUT2D eigenvalue weighted by atomic mass is 32.2. The van der Waals surface area contributed by atoms with Crippen LogP contribution in [0.25, 0.3) is 0 Å². The average molecular weight is 459 g/mol. The number of carbonyl (C=O) groups excluding carboxylic acids is 3. The maximum Gasteiger partial charge on any atom is 0.251 e. The van der Waals surface area contributed by atoms with Crippen molar-refractivity contribution in [3.05, 3.63) is 54.1 Å². The SMILES string of the molecule is CCC(=O)Nc1ccc(S(=O)(=O)NCCNC(=O)c2ccc(NC(=O)C3CC3)cc2)cc1. The first kappa shape index (κ1) is 23.4. The van der Waals surface area contributed by atoms with Crippen molar-refractivity contribution in [2.24, 2.45) is 5.92 Å². The summed E-state index contributed by atoms with van der Waals surface area (Å²) in [6.45, 7) is 1.84. The predicted octanol–water partition coefficient (Wildman–Crippen LogP) is 2.09. The predicted molar refractivity (Wildman–Crippen MR) is 121 cm³/mol. The van der Waals surface area contributed by atoms with Crippen LogP contribution in [0.15, 0.2) is 53.4 Å². The lowest BCUT2D eigenvalue weighted by molar-refractivity contribution is -0.117. The molecule has 10 heteroatoms. The second kappa shape index (κ2) is 10.4. The van der Waals surface area contributed by atoms with E-state index in [1.54, 1.807) is 31.2 Å². The zero-order chi connectivity index (χ0) is 23.1. The summed E-state index contributed by atoms with van der Waals surface area (Å²) in [7, 11) is -3.75. The summed E-state index contributed by atoms with van der Waals surface area (Å²) < 4.78 is 27.2. The molecule has 0 spiro atoms. The summed E-state index contributed by atoms with van der Waals surface area (Å²) in [5.74, 6) is -0.413. The normalized spacial score (nSPS) is 13.3. The second-order valence-corrected chi connectivity index (χ2v) is 9.19. The molecule has 0 heterocycles. The van der Waals surface area contributed by atoms with Gasteiger partial charge >= 0.3 is 0 Å². The van der Waals surface area contributed by atoms with Gasteiger partial charge in [-0.05, 0) is 61.4 Å². The first-order valence-corrected chi connectivity index (χ1v) is 11.9. The third kappa shape index (κ3) is 6.63. The molecule has 9 nitrogen and oxygen atoms in total. The second-order valence-electron chi connectivity index (χ2n) is 7.42. The number of anilines is 2. The third-order valence-corrected chi connectivity index (χ3v) is 6.31. The van der Waals surface area contributed by atoms with Crippen LogP contribution in [0.1, 0.15) is 36.5 Å². The van der Waals surface area contributed by atoms with Crippen molar-refractivity contribution >= 4 is 39.1 Å². The molecular formula is C22H26N4O5S. The van der Waals surface area contributed by atoms with Gasteiger partial charge in [0.15, 0.2) is 0 Å². The first-order chi connectivity index (χ1) is 15.3. The number of benzene rings is 2. The minimum absolute atomic E-state index is 0.00478. The minimum atomic E-state index is -3.75. The van der Waals surface area contributed by atoms with Crippen LogP contribution in [0.5, 0.6) is 0 Å². The maximum atomic E-state index is 12.4. The standard InChI is InChI=1S/C22H26N4O5S/c1-2-20(27)25-17-9-11-19(12-10-17)32(30,31)24-14-13-23-21(28)15-5-7-18(8-6-15)26-22(29)16-3-4-16/h5-12,16,24H,2-4,13-14H2,1H3,(H,23,28)(H,25,27)(H,26,29). The Balaban J connectivity index is 1.44. The van der Waals surface area contributed by atoms with E-state index in [1.165, 1.54) is 24.3 Å². The maximum absolute atomic E-state index is 12.4. The molecule has 3 amide bonds. The lowest BCUT2D eigenvalue weighted by atomic mass is 10.2. The molecule has 2 aromatic carbocycles. The summed E-state index contributed by atoms with van der Waals surface area (Å²) in [6.07, 6.45) is 2.16.